The Bertz CT molecular complexity index is 1170. The quantitative estimate of drug-likeness (QED) is 0.104. The third kappa shape index (κ3) is 12.1. The topological polar surface area (TPSA) is 88.1 Å². The van der Waals surface area contributed by atoms with Gasteiger partial charge in [0.25, 0.3) is 0 Å². The predicted octanol–water partition coefficient (Wildman–Crippen LogP) is 7.84. The van der Waals surface area contributed by atoms with Crippen molar-refractivity contribution >= 4 is 108 Å². The minimum Gasteiger partial charge on any atom is -0.486 e. The summed E-state index contributed by atoms with van der Waals surface area (Å²) >= 11 is 8.72. The summed E-state index contributed by atoms with van der Waals surface area (Å²) in [5.41, 5.74) is 1.01. The number of hydrogen-bond donors (Lipinski definition) is 0. The van der Waals surface area contributed by atoms with Gasteiger partial charge in [-0.15, -0.1) is 0 Å². The Kier molecular flexibility index (Phi) is 13.5. The highest BCUT2D eigenvalue weighted by Crippen LogP contribution is 2.33. The lowest BCUT2D eigenvalue weighted by Crippen LogP contribution is -2.26. The Balaban J connectivity index is 1.78. The van der Waals surface area contributed by atoms with Crippen LogP contribution in [0.1, 0.15) is 65.5 Å². The molecule has 0 aliphatic rings. The predicted molar refractivity (Wildman–Crippen MR) is 183 cm³/mol. The zero-order valence-corrected chi connectivity index (χ0v) is 31.3. The summed E-state index contributed by atoms with van der Waals surface area (Å²) in [6, 6.07) is 7.76. The average molecular weight is 988 g/mol. The normalized spacial score (nSPS) is 11.6. The summed E-state index contributed by atoms with van der Waals surface area (Å²) in [5.74, 6) is 0.151. The summed E-state index contributed by atoms with van der Waals surface area (Å²) in [7, 11) is 0. The van der Waals surface area contributed by atoms with Crippen LogP contribution in [0.2, 0.25) is 0 Å². The molecule has 2 aromatic rings. The molecule has 0 spiro atoms. The number of aryl methyl sites for hydroxylation is 2. The molecular weight excluding hydrogens is 956 g/mol. The zero-order chi connectivity index (χ0) is 29.5. The molecule has 39 heavy (non-hydrogen) atoms. The standard InChI is InChI=1S/C28H32I4O7/c1-27(2,3)26(35)38-24-18(29)11-16(12-19(24)30)7-9-22(33)36-15-37-23(34)10-8-17-13-20(31)25(21(32)14-17)39-28(4,5)6/h11-14H,7-10,15H2,1-6H3. The van der Waals surface area contributed by atoms with Gasteiger partial charge in [0.05, 0.1) is 19.7 Å². The maximum Gasteiger partial charge on any atom is 0.316 e. The Morgan fingerprint density at radius 2 is 1.05 bits per heavy atom. The summed E-state index contributed by atoms with van der Waals surface area (Å²) in [6.45, 7) is 11.0. The van der Waals surface area contributed by atoms with Crippen LogP contribution in [0.25, 0.3) is 0 Å². The second-order valence-electron chi connectivity index (χ2n) is 10.8. The highest BCUT2D eigenvalue weighted by Gasteiger charge is 2.25. The zero-order valence-electron chi connectivity index (χ0n) is 22.7. The lowest BCUT2D eigenvalue weighted by molar-refractivity contribution is -0.167. The van der Waals surface area contributed by atoms with Crippen LogP contribution in [0.4, 0.5) is 0 Å². The Labute approximate surface area is 284 Å². The number of esters is 3. The second-order valence-corrected chi connectivity index (χ2v) is 15.4. The lowest BCUT2D eigenvalue weighted by Gasteiger charge is -2.23. The van der Waals surface area contributed by atoms with E-state index < -0.39 is 24.1 Å². The van der Waals surface area contributed by atoms with Crippen molar-refractivity contribution < 1.29 is 33.3 Å². The van der Waals surface area contributed by atoms with Gasteiger partial charge in [-0.2, -0.15) is 0 Å². The summed E-state index contributed by atoms with van der Waals surface area (Å²) in [6.07, 6.45) is 1.25. The number of halogens is 4. The van der Waals surface area contributed by atoms with Gasteiger partial charge in [-0.25, -0.2) is 0 Å². The molecule has 0 aliphatic heterocycles. The van der Waals surface area contributed by atoms with E-state index >= 15 is 0 Å². The fraction of sp³-hybridized carbons (Fsp3) is 0.464. The summed E-state index contributed by atoms with van der Waals surface area (Å²) in [5, 5.41) is 0. The van der Waals surface area contributed by atoms with E-state index in [4.69, 9.17) is 18.9 Å². The molecule has 7 nitrogen and oxygen atoms in total. The minimum atomic E-state index is -0.609. The first-order chi connectivity index (χ1) is 18.0. The number of benzene rings is 2. The van der Waals surface area contributed by atoms with Crippen LogP contribution in [-0.4, -0.2) is 30.3 Å². The number of ether oxygens (including phenoxy) is 4. The molecule has 0 aliphatic carbocycles. The number of carbonyl (C=O) groups is 3. The van der Waals surface area contributed by atoms with E-state index in [0.717, 1.165) is 31.2 Å². The van der Waals surface area contributed by atoms with Crippen LogP contribution in [0.3, 0.4) is 0 Å². The maximum atomic E-state index is 12.2. The van der Waals surface area contributed by atoms with Crippen molar-refractivity contribution in [1.29, 1.82) is 0 Å². The SMILES string of the molecule is CC(C)(C)Oc1c(I)cc(CCC(=O)OCOC(=O)CCc2cc(I)c(OC(=O)C(C)(C)C)c(I)c2)cc1I. The molecule has 0 saturated carbocycles. The van der Waals surface area contributed by atoms with Gasteiger partial charge < -0.3 is 18.9 Å². The highest BCUT2D eigenvalue weighted by molar-refractivity contribution is 14.1. The Hall–Kier alpha value is -0.430. The molecule has 0 aromatic heterocycles. The van der Waals surface area contributed by atoms with Crippen molar-refractivity contribution in [2.24, 2.45) is 5.41 Å². The fourth-order valence-electron chi connectivity index (χ4n) is 3.06. The van der Waals surface area contributed by atoms with E-state index in [9.17, 15) is 14.4 Å². The van der Waals surface area contributed by atoms with E-state index in [-0.39, 0.29) is 24.4 Å². The van der Waals surface area contributed by atoms with Crippen molar-refractivity contribution in [3.8, 4) is 11.5 Å². The Morgan fingerprint density at radius 1 is 0.667 bits per heavy atom. The number of carbonyl (C=O) groups excluding carboxylic acids is 3. The van der Waals surface area contributed by atoms with Gasteiger partial charge in [-0.05, 0) is 180 Å². The third-order valence-electron chi connectivity index (χ3n) is 5.01. The van der Waals surface area contributed by atoms with E-state index in [1.807, 2.05) is 45.0 Å². The van der Waals surface area contributed by atoms with Crippen LogP contribution >= 0.6 is 90.4 Å². The number of hydrogen-bond acceptors (Lipinski definition) is 7. The van der Waals surface area contributed by atoms with Gasteiger partial charge in [0, 0.05) is 12.8 Å². The monoisotopic (exact) mass is 988 g/mol. The molecule has 0 atom stereocenters. The van der Waals surface area contributed by atoms with Crippen LogP contribution < -0.4 is 9.47 Å². The van der Waals surface area contributed by atoms with E-state index in [2.05, 4.69) is 90.4 Å². The molecule has 0 unspecified atom stereocenters. The molecule has 214 valence electrons. The van der Waals surface area contributed by atoms with E-state index in [1.54, 1.807) is 20.8 Å². The van der Waals surface area contributed by atoms with Gasteiger partial charge in [0.15, 0.2) is 5.75 Å². The van der Waals surface area contributed by atoms with Crippen LogP contribution in [0.5, 0.6) is 11.5 Å². The number of rotatable bonds is 10. The molecule has 2 aromatic carbocycles. The lowest BCUT2D eigenvalue weighted by atomic mass is 9.97. The van der Waals surface area contributed by atoms with Crippen LogP contribution in [0.15, 0.2) is 24.3 Å². The second kappa shape index (κ2) is 15.2. The summed E-state index contributed by atoms with van der Waals surface area (Å²) in [4.78, 5) is 36.6. The minimum absolute atomic E-state index is 0.130. The molecule has 0 amide bonds. The maximum absolute atomic E-state index is 12.2. The smallest absolute Gasteiger partial charge is 0.316 e. The van der Waals surface area contributed by atoms with Crippen molar-refractivity contribution in [1.82, 2.24) is 0 Å². The molecule has 0 bridgehead atoms. The molecule has 0 heterocycles. The molecule has 0 fully saturated rings. The first kappa shape index (κ1) is 34.8. The third-order valence-corrected chi connectivity index (χ3v) is 8.21. The Morgan fingerprint density at radius 3 is 1.41 bits per heavy atom. The highest BCUT2D eigenvalue weighted by atomic mass is 127. The van der Waals surface area contributed by atoms with E-state index in [1.165, 1.54) is 0 Å². The molecule has 11 heteroatoms. The van der Waals surface area contributed by atoms with Crippen molar-refractivity contribution in [2.45, 2.75) is 72.8 Å². The van der Waals surface area contributed by atoms with Crippen LogP contribution in [-0.2, 0) is 36.7 Å². The van der Waals surface area contributed by atoms with E-state index in [0.29, 0.717) is 18.6 Å². The van der Waals surface area contributed by atoms with Gasteiger partial charge in [0.1, 0.15) is 11.4 Å². The van der Waals surface area contributed by atoms with Gasteiger partial charge in [0.2, 0.25) is 6.79 Å². The van der Waals surface area contributed by atoms with Gasteiger partial charge >= 0.3 is 17.9 Å². The van der Waals surface area contributed by atoms with Crippen LogP contribution in [0, 0.1) is 19.7 Å². The van der Waals surface area contributed by atoms with Crippen molar-refractivity contribution in [3.63, 3.8) is 0 Å². The van der Waals surface area contributed by atoms with Crippen molar-refractivity contribution in [2.75, 3.05) is 6.79 Å². The fourth-order valence-corrected chi connectivity index (χ4v) is 7.29. The molecule has 0 radical (unpaired) electrons. The summed E-state index contributed by atoms with van der Waals surface area (Å²) < 4.78 is 25.3. The van der Waals surface area contributed by atoms with Crippen molar-refractivity contribution in [3.05, 3.63) is 49.7 Å². The van der Waals surface area contributed by atoms with Gasteiger partial charge in [-0.1, -0.05) is 0 Å². The molecule has 0 N–H and O–H groups in total. The molecule has 2 rings (SSSR count). The molecule has 0 saturated heterocycles. The largest absolute Gasteiger partial charge is 0.486 e. The average Bonchev–Trinajstić information content (AvgIpc) is 2.79. The molecular formula is C28H32I4O7. The van der Waals surface area contributed by atoms with Gasteiger partial charge in [-0.3, -0.25) is 14.4 Å². The first-order valence-corrected chi connectivity index (χ1v) is 16.5. The first-order valence-electron chi connectivity index (χ1n) is 12.1.